The molecule has 0 heterocycles. The molecule has 0 amide bonds. The molecular weight excluding hydrogens is 226 g/mol. The summed E-state index contributed by atoms with van der Waals surface area (Å²) in [6.45, 7) is 12.1. The molecule has 1 atom stereocenters. The minimum absolute atomic E-state index is 0.197. The summed E-state index contributed by atoms with van der Waals surface area (Å²) in [5.74, 6) is 0. The maximum atomic E-state index is 6.29. The SMILES string of the molecule is CC(C)(C)[Si](C)(C)OCCC1(N)C=CC=CC1. The van der Waals surface area contributed by atoms with Gasteiger partial charge in [0.05, 0.1) is 0 Å². The van der Waals surface area contributed by atoms with Crippen molar-refractivity contribution in [1.29, 1.82) is 0 Å². The average molecular weight is 253 g/mol. The van der Waals surface area contributed by atoms with Gasteiger partial charge in [-0.1, -0.05) is 45.1 Å². The minimum Gasteiger partial charge on any atom is -0.417 e. The zero-order valence-electron chi connectivity index (χ0n) is 11.9. The van der Waals surface area contributed by atoms with Gasteiger partial charge < -0.3 is 10.2 Å². The predicted molar refractivity (Wildman–Crippen MR) is 77.6 cm³/mol. The fourth-order valence-electron chi connectivity index (χ4n) is 1.58. The lowest BCUT2D eigenvalue weighted by atomic mass is 9.89. The van der Waals surface area contributed by atoms with Crippen LogP contribution >= 0.6 is 0 Å². The van der Waals surface area contributed by atoms with Crippen LogP contribution in [0.3, 0.4) is 0 Å². The number of allylic oxidation sites excluding steroid dienone is 2. The molecule has 0 aromatic heterocycles. The summed E-state index contributed by atoms with van der Waals surface area (Å²) >= 11 is 0. The molecule has 0 spiro atoms. The zero-order valence-corrected chi connectivity index (χ0v) is 12.9. The van der Waals surface area contributed by atoms with Crippen molar-refractivity contribution in [3.05, 3.63) is 24.3 Å². The first kappa shape index (κ1) is 14.7. The van der Waals surface area contributed by atoms with Gasteiger partial charge in [0.2, 0.25) is 0 Å². The smallest absolute Gasteiger partial charge is 0.191 e. The van der Waals surface area contributed by atoms with Crippen molar-refractivity contribution in [3.63, 3.8) is 0 Å². The molecular formula is C14H27NOSi. The second-order valence-electron chi connectivity index (χ2n) is 6.58. The highest BCUT2D eigenvalue weighted by atomic mass is 28.4. The van der Waals surface area contributed by atoms with Crippen LogP contribution < -0.4 is 5.73 Å². The summed E-state index contributed by atoms with van der Waals surface area (Å²) in [4.78, 5) is 0. The fourth-order valence-corrected chi connectivity index (χ4v) is 2.62. The van der Waals surface area contributed by atoms with Crippen LogP contribution in [0.25, 0.3) is 0 Å². The van der Waals surface area contributed by atoms with Crippen LogP contribution in [0.2, 0.25) is 18.1 Å². The van der Waals surface area contributed by atoms with E-state index >= 15 is 0 Å². The minimum atomic E-state index is -1.62. The Hall–Kier alpha value is -0.383. The lowest BCUT2D eigenvalue weighted by molar-refractivity contribution is 0.255. The first-order chi connectivity index (χ1) is 7.66. The van der Waals surface area contributed by atoms with Crippen LogP contribution in [0.5, 0.6) is 0 Å². The molecule has 1 aliphatic carbocycles. The van der Waals surface area contributed by atoms with E-state index in [4.69, 9.17) is 10.2 Å². The maximum Gasteiger partial charge on any atom is 0.191 e. The van der Waals surface area contributed by atoms with Crippen molar-refractivity contribution in [2.45, 2.75) is 57.3 Å². The molecule has 0 saturated heterocycles. The molecule has 2 N–H and O–H groups in total. The molecule has 0 aromatic carbocycles. The summed E-state index contributed by atoms with van der Waals surface area (Å²) in [5, 5.41) is 0.275. The quantitative estimate of drug-likeness (QED) is 0.777. The van der Waals surface area contributed by atoms with Gasteiger partial charge in [-0.05, 0) is 31.0 Å². The second kappa shape index (κ2) is 5.08. The predicted octanol–water partition coefficient (Wildman–Crippen LogP) is 3.61. The van der Waals surface area contributed by atoms with E-state index in [1.165, 1.54) is 0 Å². The largest absolute Gasteiger partial charge is 0.417 e. The Kier molecular flexibility index (Phi) is 4.39. The van der Waals surface area contributed by atoms with Gasteiger partial charge in [-0.3, -0.25) is 0 Å². The number of nitrogens with two attached hydrogens (primary N) is 1. The van der Waals surface area contributed by atoms with E-state index in [0.29, 0.717) is 0 Å². The molecule has 0 aliphatic heterocycles. The molecule has 98 valence electrons. The van der Waals surface area contributed by atoms with E-state index < -0.39 is 8.32 Å². The Morgan fingerprint density at radius 3 is 2.41 bits per heavy atom. The third-order valence-electron chi connectivity index (χ3n) is 4.01. The maximum absolute atomic E-state index is 6.29. The Labute approximate surface area is 107 Å². The molecule has 17 heavy (non-hydrogen) atoms. The molecule has 1 rings (SSSR count). The summed E-state index contributed by atoms with van der Waals surface area (Å²) in [6, 6.07) is 0. The van der Waals surface area contributed by atoms with Gasteiger partial charge in [0, 0.05) is 12.1 Å². The van der Waals surface area contributed by atoms with Crippen LogP contribution in [0.15, 0.2) is 24.3 Å². The van der Waals surface area contributed by atoms with Gasteiger partial charge in [-0.2, -0.15) is 0 Å². The molecule has 1 aliphatic rings. The van der Waals surface area contributed by atoms with Crippen LogP contribution in [-0.2, 0) is 4.43 Å². The Morgan fingerprint density at radius 2 is 1.94 bits per heavy atom. The average Bonchev–Trinajstić information content (AvgIpc) is 2.16. The van der Waals surface area contributed by atoms with Crippen molar-refractivity contribution in [3.8, 4) is 0 Å². The lowest BCUT2D eigenvalue weighted by Crippen LogP contribution is -2.44. The van der Waals surface area contributed by atoms with Crippen molar-refractivity contribution < 1.29 is 4.43 Å². The van der Waals surface area contributed by atoms with E-state index in [1.807, 2.05) is 6.08 Å². The molecule has 0 radical (unpaired) electrons. The highest BCUT2D eigenvalue weighted by molar-refractivity contribution is 6.74. The monoisotopic (exact) mass is 253 g/mol. The van der Waals surface area contributed by atoms with Gasteiger partial charge in [-0.25, -0.2) is 0 Å². The van der Waals surface area contributed by atoms with Gasteiger partial charge in [0.1, 0.15) is 0 Å². The van der Waals surface area contributed by atoms with Crippen molar-refractivity contribution >= 4 is 8.32 Å². The number of hydrogen-bond donors (Lipinski definition) is 1. The zero-order chi connectivity index (χ0) is 13.2. The van der Waals surface area contributed by atoms with Crippen LogP contribution in [-0.4, -0.2) is 20.5 Å². The van der Waals surface area contributed by atoms with Gasteiger partial charge >= 0.3 is 0 Å². The summed E-state index contributed by atoms with van der Waals surface area (Å²) < 4.78 is 6.16. The van der Waals surface area contributed by atoms with Crippen LogP contribution in [0.4, 0.5) is 0 Å². The molecule has 3 heteroatoms. The van der Waals surface area contributed by atoms with E-state index in [1.54, 1.807) is 0 Å². The standard InChI is InChI=1S/C14H27NOSi/c1-13(2,3)17(4,5)16-12-11-14(15)9-7-6-8-10-14/h6-9H,10-12,15H2,1-5H3. The highest BCUT2D eigenvalue weighted by Crippen LogP contribution is 2.36. The Bertz CT molecular complexity index is 315. The Balaban J connectivity index is 2.43. The molecule has 1 unspecified atom stereocenters. The molecule has 2 nitrogen and oxygen atoms in total. The van der Waals surface area contributed by atoms with E-state index in [2.05, 4.69) is 52.1 Å². The van der Waals surface area contributed by atoms with Crippen molar-refractivity contribution in [2.75, 3.05) is 6.61 Å². The summed E-state index contributed by atoms with van der Waals surface area (Å²) in [7, 11) is -1.62. The van der Waals surface area contributed by atoms with Crippen LogP contribution in [0, 0.1) is 0 Å². The summed E-state index contributed by atoms with van der Waals surface area (Å²) in [5.41, 5.74) is 6.10. The Morgan fingerprint density at radius 1 is 1.29 bits per heavy atom. The van der Waals surface area contributed by atoms with Gasteiger partial charge in [0.25, 0.3) is 0 Å². The van der Waals surface area contributed by atoms with Crippen molar-refractivity contribution in [1.82, 2.24) is 0 Å². The summed E-state index contributed by atoms with van der Waals surface area (Å²) in [6.07, 6.45) is 10.1. The fraction of sp³-hybridized carbons (Fsp3) is 0.714. The first-order valence-corrected chi connectivity index (χ1v) is 9.34. The molecule has 0 saturated carbocycles. The number of rotatable bonds is 4. The first-order valence-electron chi connectivity index (χ1n) is 6.44. The normalized spacial score (nSPS) is 25.3. The third kappa shape index (κ3) is 4.09. The lowest BCUT2D eigenvalue weighted by Gasteiger charge is -2.37. The topological polar surface area (TPSA) is 35.2 Å². The van der Waals surface area contributed by atoms with E-state index in [9.17, 15) is 0 Å². The molecule has 0 bridgehead atoms. The van der Waals surface area contributed by atoms with E-state index in [0.717, 1.165) is 19.4 Å². The van der Waals surface area contributed by atoms with Gasteiger partial charge in [0.15, 0.2) is 8.32 Å². The third-order valence-corrected chi connectivity index (χ3v) is 8.55. The van der Waals surface area contributed by atoms with Crippen molar-refractivity contribution in [2.24, 2.45) is 5.73 Å². The highest BCUT2D eigenvalue weighted by Gasteiger charge is 2.37. The number of hydrogen-bond acceptors (Lipinski definition) is 2. The van der Waals surface area contributed by atoms with Gasteiger partial charge in [-0.15, -0.1) is 0 Å². The van der Waals surface area contributed by atoms with Crippen LogP contribution in [0.1, 0.15) is 33.6 Å². The molecule has 0 fully saturated rings. The second-order valence-corrected chi connectivity index (χ2v) is 11.4. The van der Waals surface area contributed by atoms with E-state index in [-0.39, 0.29) is 10.6 Å². The molecule has 0 aromatic rings.